The van der Waals surface area contributed by atoms with Gasteiger partial charge in [0.2, 0.25) is 5.91 Å². The SMILES string of the molecule is CCCC(CN)(CCC)C(=O)N1CCN(C2CC2)CC1. The fraction of sp³-hybridized carbons (Fsp3) is 0.938. The zero-order valence-electron chi connectivity index (χ0n) is 13.2. The second-order valence-corrected chi connectivity index (χ2v) is 6.54. The van der Waals surface area contributed by atoms with Crippen molar-refractivity contribution in [1.82, 2.24) is 9.80 Å². The van der Waals surface area contributed by atoms with Gasteiger partial charge in [-0.05, 0) is 25.7 Å². The minimum Gasteiger partial charge on any atom is -0.340 e. The minimum atomic E-state index is -0.300. The van der Waals surface area contributed by atoms with Gasteiger partial charge in [0, 0.05) is 38.8 Å². The van der Waals surface area contributed by atoms with Gasteiger partial charge < -0.3 is 10.6 Å². The van der Waals surface area contributed by atoms with E-state index >= 15 is 0 Å². The third kappa shape index (κ3) is 3.34. The number of nitrogens with zero attached hydrogens (tertiary/aromatic N) is 2. The van der Waals surface area contributed by atoms with Gasteiger partial charge in [-0.3, -0.25) is 9.69 Å². The van der Waals surface area contributed by atoms with Crippen LogP contribution in [-0.2, 0) is 4.79 Å². The van der Waals surface area contributed by atoms with Gasteiger partial charge in [0.25, 0.3) is 0 Å². The molecule has 0 aromatic rings. The second kappa shape index (κ2) is 6.90. The molecule has 0 spiro atoms. The lowest BCUT2D eigenvalue weighted by Crippen LogP contribution is -2.55. The van der Waals surface area contributed by atoms with Crippen LogP contribution in [0.5, 0.6) is 0 Å². The molecule has 1 heterocycles. The number of carbonyl (C=O) groups is 1. The highest BCUT2D eigenvalue weighted by atomic mass is 16.2. The van der Waals surface area contributed by atoms with Gasteiger partial charge in [0.05, 0.1) is 5.41 Å². The van der Waals surface area contributed by atoms with Gasteiger partial charge in [-0.2, -0.15) is 0 Å². The fourth-order valence-corrected chi connectivity index (χ4v) is 3.65. The molecule has 0 bridgehead atoms. The van der Waals surface area contributed by atoms with Crippen LogP contribution in [0.4, 0.5) is 0 Å². The summed E-state index contributed by atoms with van der Waals surface area (Å²) in [7, 11) is 0. The maximum Gasteiger partial charge on any atom is 0.230 e. The third-order valence-corrected chi connectivity index (χ3v) is 4.97. The van der Waals surface area contributed by atoms with Crippen LogP contribution in [-0.4, -0.2) is 54.5 Å². The highest BCUT2D eigenvalue weighted by molar-refractivity contribution is 5.83. The Hall–Kier alpha value is -0.610. The summed E-state index contributed by atoms with van der Waals surface area (Å²) in [6, 6.07) is 0.817. The average Bonchev–Trinajstić information content (AvgIpc) is 3.31. The molecule has 4 nitrogen and oxygen atoms in total. The molecule has 2 N–H and O–H groups in total. The smallest absolute Gasteiger partial charge is 0.230 e. The maximum atomic E-state index is 13.0. The van der Waals surface area contributed by atoms with E-state index in [0.717, 1.165) is 57.9 Å². The molecule has 0 atom stereocenters. The van der Waals surface area contributed by atoms with Gasteiger partial charge in [-0.15, -0.1) is 0 Å². The van der Waals surface area contributed by atoms with Crippen LogP contribution in [0.1, 0.15) is 52.4 Å². The van der Waals surface area contributed by atoms with Crippen LogP contribution < -0.4 is 5.73 Å². The van der Waals surface area contributed by atoms with E-state index in [1.165, 1.54) is 12.8 Å². The predicted octanol–water partition coefficient (Wildman–Crippen LogP) is 1.84. The van der Waals surface area contributed by atoms with Crippen molar-refractivity contribution >= 4 is 5.91 Å². The molecule has 2 fully saturated rings. The first-order chi connectivity index (χ1) is 9.66. The Kier molecular flexibility index (Phi) is 5.44. The maximum absolute atomic E-state index is 13.0. The number of nitrogens with two attached hydrogens (primary N) is 1. The molecule has 2 aliphatic rings. The molecule has 0 aromatic heterocycles. The Morgan fingerprint density at radius 3 is 2.05 bits per heavy atom. The van der Waals surface area contributed by atoms with Crippen molar-refractivity contribution < 1.29 is 4.79 Å². The number of amides is 1. The monoisotopic (exact) mass is 281 g/mol. The first-order valence-corrected chi connectivity index (χ1v) is 8.40. The predicted molar refractivity (Wildman–Crippen MR) is 82.5 cm³/mol. The lowest BCUT2D eigenvalue weighted by molar-refractivity contribution is -0.144. The van der Waals surface area contributed by atoms with Crippen molar-refractivity contribution in [2.24, 2.45) is 11.1 Å². The Morgan fingerprint density at radius 2 is 1.65 bits per heavy atom. The Bertz CT molecular complexity index is 314. The lowest BCUT2D eigenvalue weighted by Gasteiger charge is -2.41. The van der Waals surface area contributed by atoms with Crippen molar-refractivity contribution in [3.63, 3.8) is 0 Å². The van der Waals surface area contributed by atoms with Gasteiger partial charge >= 0.3 is 0 Å². The molecular formula is C16H31N3O. The summed E-state index contributed by atoms with van der Waals surface area (Å²) in [5.41, 5.74) is 5.71. The van der Waals surface area contributed by atoms with Gasteiger partial charge in [0.1, 0.15) is 0 Å². The summed E-state index contributed by atoms with van der Waals surface area (Å²) < 4.78 is 0. The zero-order valence-corrected chi connectivity index (χ0v) is 13.2. The molecule has 1 aliphatic carbocycles. The third-order valence-electron chi connectivity index (χ3n) is 4.97. The summed E-state index contributed by atoms with van der Waals surface area (Å²) in [5, 5.41) is 0. The molecular weight excluding hydrogens is 250 g/mol. The Labute approximate surface area is 123 Å². The van der Waals surface area contributed by atoms with Crippen LogP contribution in [0, 0.1) is 5.41 Å². The molecule has 1 saturated heterocycles. The quantitative estimate of drug-likeness (QED) is 0.774. The van der Waals surface area contributed by atoms with Crippen molar-refractivity contribution in [3.05, 3.63) is 0 Å². The zero-order chi connectivity index (χ0) is 14.6. The molecule has 0 unspecified atom stereocenters. The lowest BCUT2D eigenvalue weighted by atomic mass is 9.77. The van der Waals surface area contributed by atoms with Crippen LogP contribution in [0.25, 0.3) is 0 Å². The summed E-state index contributed by atoms with van der Waals surface area (Å²) in [6.07, 6.45) is 6.63. The number of hydrogen-bond donors (Lipinski definition) is 1. The average molecular weight is 281 g/mol. The van der Waals surface area contributed by atoms with Crippen LogP contribution in [0.2, 0.25) is 0 Å². The van der Waals surface area contributed by atoms with Crippen molar-refractivity contribution in [1.29, 1.82) is 0 Å². The molecule has 2 rings (SSSR count). The molecule has 0 aromatic carbocycles. The van der Waals surface area contributed by atoms with Crippen molar-refractivity contribution in [2.45, 2.75) is 58.4 Å². The largest absolute Gasteiger partial charge is 0.340 e. The minimum absolute atomic E-state index is 0.300. The first kappa shape index (κ1) is 15.8. The molecule has 116 valence electrons. The normalized spacial score (nSPS) is 21.2. The summed E-state index contributed by atoms with van der Waals surface area (Å²) in [5.74, 6) is 0.319. The van der Waals surface area contributed by atoms with E-state index in [4.69, 9.17) is 5.73 Å². The first-order valence-electron chi connectivity index (χ1n) is 8.40. The highest BCUT2D eigenvalue weighted by Gasteiger charge is 2.40. The number of piperazine rings is 1. The van der Waals surface area contributed by atoms with E-state index in [-0.39, 0.29) is 5.41 Å². The second-order valence-electron chi connectivity index (χ2n) is 6.54. The molecule has 20 heavy (non-hydrogen) atoms. The van der Waals surface area contributed by atoms with Crippen molar-refractivity contribution in [3.8, 4) is 0 Å². The molecule has 1 amide bonds. The van der Waals surface area contributed by atoms with Crippen molar-refractivity contribution in [2.75, 3.05) is 32.7 Å². The number of rotatable bonds is 7. The van der Waals surface area contributed by atoms with Gasteiger partial charge in [0.15, 0.2) is 0 Å². The van der Waals surface area contributed by atoms with Gasteiger partial charge in [-0.25, -0.2) is 0 Å². The van der Waals surface area contributed by atoms with E-state index in [2.05, 4.69) is 23.6 Å². The van der Waals surface area contributed by atoms with E-state index in [0.29, 0.717) is 12.5 Å². The van der Waals surface area contributed by atoms with E-state index < -0.39 is 0 Å². The van der Waals surface area contributed by atoms with Crippen LogP contribution in [0.15, 0.2) is 0 Å². The molecule has 1 aliphatic heterocycles. The van der Waals surface area contributed by atoms with Gasteiger partial charge in [-0.1, -0.05) is 26.7 Å². The Morgan fingerprint density at radius 1 is 1.10 bits per heavy atom. The van der Waals surface area contributed by atoms with Crippen LogP contribution in [0.3, 0.4) is 0 Å². The summed E-state index contributed by atoms with van der Waals surface area (Å²) in [6.45, 7) is 8.69. The summed E-state index contributed by atoms with van der Waals surface area (Å²) >= 11 is 0. The molecule has 1 saturated carbocycles. The van der Waals surface area contributed by atoms with E-state index in [1.807, 2.05) is 0 Å². The fourth-order valence-electron chi connectivity index (χ4n) is 3.65. The molecule has 4 heteroatoms. The highest BCUT2D eigenvalue weighted by Crippen LogP contribution is 2.33. The number of carbonyl (C=O) groups excluding carboxylic acids is 1. The Balaban J connectivity index is 1.96. The standard InChI is InChI=1S/C16H31N3O/c1-3-7-16(13-17,8-4-2)15(20)19-11-9-18(10-12-19)14-5-6-14/h14H,3-13,17H2,1-2H3. The van der Waals surface area contributed by atoms with E-state index in [1.54, 1.807) is 0 Å². The summed E-state index contributed by atoms with van der Waals surface area (Å²) in [4.78, 5) is 17.6. The number of hydrogen-bond acceptors (Lipinski definition) is 3. The topological polar surface area (TPSA) is 49.6 Å². The van der Waals surface area contributed by atoms with E-state index in [9.17, 15) is 4.79 Å². The van der Waals surface area contributed by atoms with Crippen LogP contribution >= 0.6 is 0 Å². The molecule has 0 radical (unpaired) electrons.